The molecule has 1 amide bonds. The molecule has 59 heavy (non-hydrogen) atoms. The van der Waals surface area contributed by atoms with E-state index in [0.717, 1.165) is 83.5 Å². The lowest BCUT2D eigenvalue weighted by Crippen LogP contribution is -2.65. The molecular weight excluding hydrogens is 781 g/mol. The number of carbonyl (C=O) groups is 3. The number of esters is 2. The number of nitrogens with one attached hydrogen (secondary N) is 1. The average molecular weight is 866 g/mol. The van der Waals surface area contributed by atoms with Gasteiger partial charge in [-0.1, -0.05) is 168 Å². The molecule has 3 unspecified atom stereocenters. The summed E-state index contributed by atoms with van der Waals surface area (Å²) in [5.74, 6) is -2.07. The van der Waals surface area contributed by atoms with Crippen LogP contribution < -0.4 is 5.32 Å². The van der Waals surface area contributed by atoms with Crippen LogP contribution in [0.2, 0.25) is 0 Å². The smallest absolute Gasteiger partial charge is 0.462 e. The Morgan fingerprint density at radius 1 is 0.644 bits per heavy atom. The molecule has 348 valence electrons. The molecule has 1 saturated heterocycles. The van der Waals surface area contributed by atoms with E-state index < -0.39 is 81.5 Å². The van der Waals surface area contributed by atoms with Gasteiger partial charge in [-0.05, 0) is 25.7 Å². The number of ether oxygens (including phenoxy) is 3. The zero-order valence-electron chi connectivity index (χ0n) is 36.9. The molecule has 0 aromatic heterocycles. The van der Waals surface area contributed by atoms with E-state index in [-0.39, 0.29) is 12.8 Å². The van der Waals surface area contributed by atoms with Crippen LogP contribution in [0.5, 0.6) is 0 Å². The molecule has 7 atom stereocenters. The fraction of sp³-hybridized carbons (Fsp3) is 0.932. The highest BCUT2D eigenvalue weighted by molar-refractivity contribution is 7.46. The van der Waals surface area contributed by atoms with Crippen LogP contribution in [0, 0.1) is 0 Å². The Hall–Kier alpha value is -1.64. The van der Waals surface area contributed by atoms with Gasteiger partial charge in [-0.2, -0.15) is 0 Å². The van der Waals surface area contributed by atoms with Crippen LogP contribution >= 0.6 is 7.82 Å². The lowest BCUT2D eigenvalue weighted by molar-refractivity contribution is -0.256. The van der Waals surface area contributed by atoms with Gasteiger partial charge in [0.1, 0.15) is 24.4 Å². The van der Waals surface area contributed by atoms with Crippen LogP contribution in [-0.4, -0.2) is 92.4 Å². The molecular formula is C44H84NO13P. The van der Waals surface area contributed by atoms with Crippen LogP contribution in [-0.2, 0) is 37.7 Å². The molecule has 1 aliphatic heterocycles. The first-order valence-corrected chi connectivity index (χ1v) is 24.9. The minimum Gasteiger partial charge on any atom is -0.462 e. The maximum Gasteiger partial charge on any atom is 0.470 e. The average Bonchev–Trinajstić information content (AvgIpc) is 3.17. The molecule has 0 saturated carbocycles. The Kier molecular flexibility index (Phi) is 32.7. The molecule has 15 heteroatoms. The van der Waals surface area contributed by atoms with Gasteiger partial charge in [0.2, 0.25) is 5.91 Å². The van der Waals surface area contributed by atoms with Crippen molar-refractivity contribution >= 4 is 25.7 Å². The van der Waals surface area contributed by atoms with Crippen molar-refractivity contribution in [2.24, 2.45) is 0 Å². The van der Waals surface area contributed by atoms with Crippen LogP contribution in [0.3, 0.4) is 0 Å². The molecule has 14 nitrogen and oxygen atoms in total. The summed E-state index contributed by atoms with van der Waals surface area (Å²) in [6.45, 7) is 5.66. The first-order chi connectivity index (χ1) is 28.3. The van der Waals surface area contributed by atoms with Gasteiger partial charge in [-0.25, -0.2) is 4.57 Å². The molecule has 0 aromatic carbocycles. The van der Waals surface area contributed by atoms with E-state index in [9.17, 15) is 44.1 Å². The lowest BCUT2D eigenvalue weighted by atomic mass is 9.96. The molecule has 0 aliphatic carbocycles. The second-order valence-electron chi connectivity index (χ2n) is 16.6. The fourth-order valence-electron chi connectivity index (χ4n) is 7.64. The van der Waals surface area contributed by atoms with Gasteiger partial charge in [0.05, 0.1) is 25.6 Å². The van der Waals surface area contributed by atoms with Gasteiger partial charge < -0.3 is 44.6 Å². The first kappa shape index (κ1) is 55.4. The molecule has 0 radical (unpaired) electrons. The Labute approximate surface area is 355 Å². The molecule has 0 bridgehead atoms. The maximum atomic E-state index is 13.6. The van der Waals surface area contributed by atoms with E-state index >= 15 is 0 Å². The SMILES string of the molecule is CCCCCCCCCCCC(=O)OC(CCCCCCCCC)CC(=O)O[C@H]1[C@H](OP(=O)(O)O)[C@@H](CO)OC(O)[C@@H]1NC(=O)CC(O)CCCCCCCCCCC. The molecule has 1 fully saturated rings. The van der Waals surface area contributed by atoms with E-state index in [4.69, 9.17) is 18.7 Å². The van der Waals surface area contributed by atoms with Gasteiger partial charge in [-0.15, -0.1) is 0 Å². The van der Waals surface area contributed by atoms with Gasteiger partial charge in [0, 0.05) is 6.42 Å². The topological polar surface area (TPSA) is 218 Å². The number of unbranched alkanes of at least 4 members (excludes halogenated alkanes) is 22. The number of phosphoric ester groups is 1. The Bertz CT molecular complexity index is 1120. The highest BCUT2D eigenvalue weighted by atomic mass is 31.2. The molecule has 0 aromatic rings. The van der Waals surface area contributed by atoms with E-state index in [1.807, 2.05) is 0 Å². The van der Waals surface area contributed by atoms with Crippen LogP contribution in [0.4, 0.5) is 0 Å². The number of aliphatic hydroxyl groups is 3. The summed E-state index contributed by atoms with van der Waals surface area (Å²) in [6, 6.07) is -1.58. The number of aliphatic hydroxyl groups excluding tert-OH is 3. The summed E-state index contributed by atoms with van der Waals surface area (Å²) >= 11 is 0. The number of carbonyl (C=O) groups excluding carboxylic acids is 3. The number of hydrogen-bond acceptors (Lipinski definition) is 11. The fourth-order valence-corrected chi connectivity index (χ4v) is 8.21. The van der Waals surface area contributed by atoms with E-state index in [0.29, 0.717) is 25.7 Å². The van der Waals surface area contributed by atoms with Crippen molar-refractivity contribution in [2.45, 2.75) is 256 Å². The van der Waals surface area contributed by atoms with Gasteiger partial charge in [0.15, 0.2) is 12.4 Å². The lowest BCUT2D eigenvalue weighted by Gasteiger charge is -2.43. The summed E-state index contributed by atoms with van der Waals surface area (Å²) in [4.78, 5) is 59.2. The van der Waals surface area contributed by atoms with Crippen molar-refractivity contribution in [3.63, 3.8) is 0 Å². The van der Waals surface area contributed by atoms with Crippen molar-refractivity contribution in [1.29, 1.82) is 0 Å². The largest absolute Gasteiger partial charge is 0.470 e. The van der Waals surface area contributed by atoms with E-state index in [1.165, 1.54) is 64.2 Å². The van der Waals surface area contributed by atoms with Crippen LogP contribution in [0.1, 0.15) is 213 Å². The molecule has 1 rings (SSSR count). The van der Waals surface area contributed by atoms with Crippen molar-refractivity contribution in [1.82, 2.24) is 5.32 Å². The standard InChI is InChI=1S/C44H84NO13P/c1-4-7-10-13-16-18-21-23-26-29-35(47)32-38(48)45-41-43(42(58-59(52,53)54)37(34-46)56-44(41)51)57-40(50)33-36(30-27-24-20-15-12-9-6-3)55-39(49)31-28-25-22-19-17-14-11-8-5-2/h35-37,41-44,46-47,51H,4-34H2,1-3H3,(H,45,48)(H2,52,53,54)/t35?,36?,37-,41-,42-,43-,44?/m1/s1. The number of rotatable bonds is 38. The number of hydrogen-bond donors (Lipinski definition) is 6. The highest BCUT2D eigenvalue weighted by Crippen LogP contribution is 2.42. The zero-order chi connectivity index (χ0) is 43.7. The van der Waals surface area contributed by atoms with Crippen LogP contribution in [0.25, 0.3) is 0 Å². The first-order valence-electron chi connectivity index (χ1n) is 23.4. The van der Waals surface area contributed by atoms with Crippen molar-refractivity contribution < 1.29 is 62.8 Å². The summed E-state index contributed by atoms with van der Waals surface area (Å²) in [7, 11) is -5.28. The Morgan fingerprint density at radius 3 is 1.58 bits per heavy atom. The zero-order valence-corrected chi connectivity index (χ0v) is 37.8. The van der Waals surface area contributed by atoms with E-state index in [2.05, 4.69) is 26.1 Å². The molecule has 6 N–H and O–H groups in total. The minimum atomic E-state index is -5.28. The third kappa shape index (κ3) is 28.6. The number of amides is 1. The Morgan fingerprint density at radius 2 is 1.10 bits per heavy atom. The predicted molar refractivity (Wildman–Crippen MR) is 228 cm³/mol. The predicted octanol–water partition coefficient (Wildman–Crippen LogP) is 8.61. The quantitative estimate of drug-likeness (QED) is 0.0195. The maximum absolute atomic E-state index is 13.6. The molecule has 0 spiro atoms. The summed E-state index contributed by atoms with van der Waals surface area (Å²) in [5, 5.41) is 34.0. The summed E-state index contributed by atoms with van der Waals surface area (Å²) in [5.41, 5.74) is 0. The summed E-state index contributed by atoms with van der Waals surface area (Å²) in [6.07, 6.45) is 18.3. The van der Waals surface area contributed by atoms with Crippen molar-refractivity contribution in [3.05, 3.63) is 0 Å². The van der Waals surface area contributed by atoms with E-state index in [1.54, 1.807) is 0 Å². The molecule has 1 heterocycles. The molecule has 1 aliphatic rings. The van der Waals surface area contributed by atoms with Crippen molar-refractivity contribution in [2.75, 3.05) is 6.61 Å². The van der Waals surface area contributed by atoms with Crippen LogP contribution in [0.15, 0.2) is 0 Å². The normalized spacial score (nSPS) is 20.6. The number of phosphoric acid groups is 1. The van der Waals surface area contributed by atoms with Gasteiger partial charge in [0.25, 0.3) is 0 Å². The highest BCUT2D eigenvalue weighted by Gasteiger charge is 2.51. The monoisotopic (exact) mass is 866 g/mol. The van der Waals surface area contributed by atoms with Crippen molar-refractivity contribution in [3.8, 4) is 0 Å². The second kappa shape index (κ2) is 34.9. The Balaban J connectivity index is 2.96. The van der Waals surface area contributed by atoms with Gasteiger partial charge in [-0.3, -0.25) is 18.9 Å². The third-order valence-electron chi connectivity index (χ3n) is 11.1. The minimum absolute atomic E-state index is 0.208. The second-order valence-corrected chi connectivity index (χ2v) is 17.8. The summed E-state index contributed by atoms with van der Waals surface area (Å²) < 4.78 is 33.9. The third-order valence-corrected chi connectivity index (χ3v) is 11.6. The van der Waals surface area contributed by atoms with Gasteiger partial charge >= 0.3 is 19.8 Å².